The van der Waals surface area contributed by atoms with Gasteiger partial charge in [0.2, 0.25) is 0 Å². The van der Waals surface area contributed by atoms with Gasteiger partial charge in [-0.1, -0.05) is 11.6 Å². The Bertz CT molecular complexity index is 486. The van der Waals surface area contributed by atoms with Gasteiger partial charge < -0.3 is 20.5 Å². The highest BCUT2D eigenvalue weighted by atomic mass is 16.5. The van der Waals surface area contributed by atoms with Crippen molar-refractivity contribution < 1.29 is 19.4 Å². The van der Waals surface area contributed by atoms with E-state index in [1.807, 2.05) is 13.8 Å². The molecule has 0 saturated carbocycles. The SMILES string of the molecule is Cc1ccc(NC(=O)NCCOC(C)C)c(C(=O)O)c1. The number of urea groups is 1. The van der Waals surface area contributed by atoms with Gasteiger partial charge in [0, 0.05) is 6.54 Å². The summed E-state index contributed by atoms with van der Waals surface area (Å²) >= 11 is 0. The number of hydrogen-bond donors (Lipinski definition) is 3. The minimum atomic E-state index is -1.08. The predicted octanol–water partition coefficient (Wildman–Crippen LogP) is 2.24. The molecule has 2 amide bonds. The van der Waals surface area contributed by atoms with Gasteiger partial charge in [0.05, 0.1) is 24.0 Å². The molecule has 1 aromatic carbocycles. The van der Waals surface area contributed by atoms with Crippen LogP contribution in [0.15, 0.2) is 18.2 Å². The number of ether oxygens (including phenoxy) is 1. The van der Waals surface area contributed by atoms with Crippen LogP contribution in [-0.2, 0) is 4.74 Å². The quantitative estimate of drug-likeness (QED) is 0.697. The highest BCUT2D eigenvalue weighted by molar-refractivity contribution is 6.00. The Kier molecular flexibility index (Phi) is 5.99. The van der Waals surface area contributed by atoms with Gasteiger partial charge in [0.25, 0.3) is 0 Å². The average Bonchev–Trinajstić information content (AvgIpc) is 2.36. The summed E-state index contributed by atoms with van der Waals surface area (Å²) in [6.07, 6.45) is 0.107. The van der Waals surface area contributed by atoms with E-state index in [0.29, 0.717) is 13.2 Å². The largest absolute Gasteiger partial charge is 0.478 e. The molecule has 0 bridgehead atoms. The fraction of sp³-hybridized carbons (Fsp3) is 0.429. The maximum atomic E-state index is 11.6. The maximum Gasteiger partial charge on any atom is 0.337 e. The summed E-state index contributed by atoms with van der Waals surface area (Å²) in [5.41, 5.74) is 1.16. The Balaban J connectivity index is 2.55. The summed E-state index contributed by atoms with van der Waals surface area (Å²) in [5.74, 6) is -1.08. The molecule has 0 aliphatic heterocycles. The molecule has 0 atom stereocenters. The van der Waals surface area contributed by atoms with Crippen LogP contribution in [0, 0.1) is 6.92 Å². The van der Waals surface area contributed by atoms with E-state index in [-0.39, 0.29) is 17.4 Å². The molecule has 6 nitrogen and oxygen atoms in total. The molecule has 0 heterocycles. The molecule has 0 unspecified atom stereocenters. The molecule has 0 aromatic heterocycles. The lowest BCUT2D eigenvalue weighted by Crippen LogP contribution is -2.32. The van der Waals surface area contributed by atoms with E-state index < -0.39 is 12.0 Å². The van der Waals surface area contributed by atoms with Crippen LogP contribution in [0.1, 0.15) is 29.8 Å². The molecule has 6 heteroatoms. The maximum absolute atomic E-state index is 11.6. The van der Waals surface area contributed by atoms with Crippen LogP contribution in [0.25, 0.3) is 0 Å². The van der Waals surface area contributed by atoms with E-state index in [1.54, 1.807) is 19.1 Å². The number of anilines is 1. The van der Waals surface area contributed by atoms with Gasteiger partial charge in [0.15, 0.2) is 0 Å². The van der Waals surface area contributed by atoms with Gasteiger partial charge in [-0.25, -0.2) is 9.59 Å². The van der Waals surface area contributed by atoms with Gasteiger partial charge >= 0.3 is 12.0 Å². The third-order valence-electron chi connectivity index (χ3n) is 2.49. The van der Waals surface area contributed by atoms with E-state index in [0.717, 1.165) is 5.56 Å². The second-order valence-corrected chi connectivity index (χ2v) is 4.65. The summed E-state index contributed by atoms with van der Waals surface area (Å²) in [6, 6.07) is 4.37. The lowest BCUT2D eigenvalue weighted by atomic mass is 10.1. The summed E-state index contributed by atoms with van der Waals surface area (Å²) in [6.45, 7) is 6.37. The highest BCUT2D eigenvalue weighted by Gasteiger charge is 2.12. The predicted molar refractivity (Wildman–Crippen MR) is 76.2 cm³/mol. The topological polar surface area (TPSA) is 87.7 Å². The van der Waals surface area contributed by atoms with Crippen LogP contribution < -0.4 is 10.6 Å². The summed E-state index contributed by atoms with van der Waals surface area (Å²) in [4.78, 5) is 22.7. The first-order chi connectivity index (χ1) is 9.40. The van der Waals surface area contributed by atoms with Crippen molar-refractivity contribution in [2.24, 2.45) is 0 Å². The molecule has 0 spiro atoms. The molecule has 0 fully saturated rings. The second-order valence-electron chi connectivity index (χ2n) is 4.65. The Morgan fingerprint density at radius 2 is 2.05 bits per heavy atom. The fourth-order valence-electron chi connectivity index (χ4n) is 1.57. The molecule has 0 aliphatic rings. The van der Waals surface area contributed by atoms with Gasteiger partial charge in [-0.05, 0) is 32.9 Å². The Labute approximate surface area is 118 Å². The summed E-state index contributed by atoms with van der Waals surface area (Å²) in [7, 11) is 0. The van der Waals surface area contributed by atoms with Crippen molar-refractivity contribution in [2.45, 2.75) is 26.9 Å². The van der Waals surface area contributed by atoms with Crippen molar-refractivity contribution in [1.82, 2.24) is 5.32 Å². The van der Waals surface area contributed by atoms with Crippen LogP contribution in [0.4, 0.5) is 10.5 Å². The van der Waals surface area contributed by atoms with E-state index in [1.165, 1.54) is 6.07 Å². The number of carbonyl (C=O) groups is 2. The normalized spacial score (nSPS) is 10.4. The smallest absolute Gasteiger partial charge is 0.337 e. The van der Waals surface area contributed by atoms with Crippen molar-refractivity contribution in [3.8, 4) is 0 Å². The molecular formula is C14H20N2O4. The van der Waals surface area contributed by atoms with Crippen molar-refractivity contribution in [3.63, 3.8) is 0 Å². The van der Waals surface area contributed by atoms with Gasteiger partial charge in [-0.2, -0.15) is 0 Å². The molecule has 0 aliphatic carbocycles. The number of rotatable bonds is 6. The van der Waals surface area contributed by atoms with Crippen LogP contribution >= 0.6 is 0 Å². The number of amides is 2. The highest BCUT2D eigenvalue weighted by Crippen LogP contribution is 2.17. The van der Waals surface area contributed by atoms with E-state index >= 15 is 0 Å². The van der Waals surface area contributed by atoms with Crippen molar-refractivity contribution in [3.05, 3.63) is 29.3 Å². The number of aryl methyl sites for hydroxylation is 1. The zero-order valence-corrected chi connectivity index (χ0v) is 11.9. The number of hydrogen-bond acceptors (Lipinski definition) is 3. The number of carbonyl (C=O) groups excluding carboxylic acids is 1. The number of carboxylic acid groups (broad SMARTS) is 1. The van der Waals surface area contributed by atoms with Crippen molar-refractivity contribution >= 4 is 17.7 Å². The number of carboxylic acids is 1. The Morgan fingerprint density at radius 3 is 2.65 bits per heavy atom. The summed E-state index contributed by atoms with van der Waals surface area (Å²) in [5, 5.41) is 14.2. The van der Waals surface area contributed by atoms with Crippen LogP contribution in [-0.4, -0.2) is 36.4 Å². The molecular weight excluding hydrogens is 260 g/mol. The molecule has 0 radical (unpaired) electrons. The molecule has 0 saturated heterocycles. The van der Waals surface area contributed by atoms with Crippen LogP contribution in [0.3, 0.4) is 0 Å². The van der Waals surface area contributed by atoms with E-state index in [9.17, 15) is 9.59 Å². The number of benzene rings is 1. The van der Waals surface area contributed by atoms with Crippen LogP contribution in [0.5, 0.6) is 0 Å². The van der Waals surface area contributed by atoms with Gasteiger partial charge in [-0.3, -0.25) is 0 Å². The minimum Gasteiger partial charge on any atom is -0.478 e. The third kappa shape index (κ3) is 5.27. The third-order valence-corrected chi connectivity index (χ3v) is 2.49. The molecule has 3 N–H and O–H groups in total. The number of nitrogens with one attached hydrogen (secondary N) is 2. The van der Waals surface area contributed by atoms with Crippen LogP contribution in [0.2, 0.25) is 0 Å². The second kappa shape index (κ2) is 7.49. The lowest BCUT2D eigenvalue weighted by molar-refractivity contribution is 0.0697. The molecule has 1 aromatic rings. The zero-order valence-electron chi connectivity index (χ0n) is 11.9. The van der Waals surface area contributed by atoms with E-state index in [2.05, 4.69) is 10.6 Å². The molecule has 20 heavy (non-hydrogen) atoms. The Morgan fingerprint density at radius 1 is 1.35 bits per heavy atom. The first-order valence-corrected chi connectivity index (χ1v) is 6.40. The Hall–Kier alpha value is -2.08. The fourth-order valence-corrected chi connectivity index (χ4v) is 1.57. The number of aromatic carboxylic acids is 1. The zero-order chi connectivity index (χ0) is 15.1. The van der Waals surface area contributed by atoms with Crippen molar-refractivity contribution in [2.75, 3.05) is 18.5 Å². The molecule has 1 rings (SSSR count). The van der Waals surface area contributed by atoms with Crippen molar-refractivity contribution in [1.29, 1.82) is 0 Å². The average molecular weight is 280 g/mol. The minimum absolute atomic E-state index is 0.0681. The van der Waals surface area contributed by atoms with E-state index in [4.69, 9.17) is 9.84 Å². The first-order valence-electron chi connectivity index (χ1n) is 6.40. The summed E-state index contributed by atoms with van der Waals surface area (Å²) < 4.78 is 5.28. The monoisotopic (exact) mass is 280 g/mol. The standard InChI is InChI=1S/C14H20N2O4/c1-9(2)20-7-6-15-14(19)16-12-5-4-10(3)8-11(12)13(17)18/h4-5,8-9H,6-7H2,1-3H3,(H,17,18)(H2,15,16,19). The molecule has 110 valence electrons. The van der Waals surface area contributed by atoms with Gasteiger partial charge in [0.1, 0.15) is 0 Å². The van der Waals surface area contributed by atoms with Gasteiger partial charge in [-0.15, -0.1) is 0 Å². The first kappa shape index (κ1) is 16.0. The lowest BCUT2D eigenvalue weighted by Gasteiger charge is -2.11.